The van der Waals surface area contributed by atoms with E-state index in [1.165, 1.54) is 29.5 Å². The number of fused-ring (bicyclic) bond motifs is 2. The molecule has 2 aromatic carbocycles. The molecule has 1 aliphatic rings. The van der Waals surface area contributed by atoms with E-state index >= 15 is 4.39 Å². The van der Waals surface area contributed by atoms with Crippen molar-refractivity contribution in [2.24, 2.45) is 0 Å². The first-order chi connectivity index (χ1) is 17.4. The monoisotopic (exact) mass is 506 g/mol. The molecular weight excluding hydrogens is 482 g/mol. The van der Waals surface area contributed by atoms with Crippen molar-refractivity contribution in [3.8, 4) is 22.6 Å². The van der Waals surface area contributed by atoms with Gasteiger partial charge in [0.1, 0.15) is 11.6 Å². The number of pyridine rings is 1. The number of likely N-dealkylation sites (N-methyl/N-ethyl adjacent to an activating group) is 1. The fourth-order valence-electron chi connectivity index (χ4n) is 4.72. The lowest BCUT2D eigenvalue weighted by Gasteiger charge is -2.34. The Morgan fingerprint density at radius 3 is 2.53 bits per heavy atom. The predicted molar refractivity (Wildman–Crippen MR) is 139 cm³/mol. The summed E-state index contributed by atoms with van der Waals surface area (Å²) in [5, 5.41) is 6.81. The van der Waals surface area contributed by atoms with Gasteiger partial charge in [-0.3, -0.25) is 4.79 Å². The van der Waals surface area contributed by atoms with Gasteiger partial charge in [0, 0.05) is 55.3 Å². The molecule has 0 amide bonds. The Bertz CT molecular complexity index is 1650. The SMILES string of the molecule is CCn1cc(-c2nc3scc(-c4ccc(F)cc4)n3n2)c(=O)c2cc(F)c(N3CCN(C)CC3)cc21. The van der Waals surface area contributed by atoms with E-state index in [0.29, 0.717) is 33.7 Å². The lowest BCUT2D eigenvalue weighted by atomic mass is 10.1. The van der Waals surface area contributed by atoms with Crippen LogP contribution in [0.1, 0.15) is 6.92 Å². The molecule has 0 N–H and O–H groups in total. The highest BCUT2D eigenvalue weighted by molar-refractivity contribution is 7.15. The van der Waals surface area contributed by atoms with Crippen molar-refractivity contribution in [1.82, 2.24) is 24.1 Å². The summed E-state index contributed by atoms with van der Waals surface area (Å²) >= 11 is 1.39. The fraction of sp³-hybridized carbons (Fsp3) is 0.269. The van der Waals surface area contributed by atoms with Gasteiger partial charge in [-0.2, -0.15) is 4.98 Å². The maximum Gasteiger partial charge on any atom is 0.213 e. The van der Waals surface area contributed by atoms with Crippen LogP contribution in [0.15, 0.2) is 52.8 Å². The Labute approximate surface area is 209 Å². The molecule has 7 nitrogen and oxygen atoms in total. The number of aromatic nitrogens is 4. The van der Waals surface area contributed by atoms with Gasteiger partial charge < -0.3 is 14.4 Å². The molecule has 0 unspecified atom stereocenters. The zero-order chi connectivity index (χ0) is 25.0. The zero-order valence-electron chi connectivity index (χ0n) is 19.9. The van der Waals surface area contributed by atoms with Crippen LogP contribution in [0.3, 0.4) is 0 Å². The molecular formula is C26H24F2N6OS. The largest absolute Gasteiger partial charge is 0.367 e. The van der Waals surface area contributed by atoms with E-state index in [9.17, 15) is 9.18 Å². The quantitative estimate of drug-likeness (QED) is 0.360. The molecule has 1 aliphatic heterocycles. The molecule has 6 rings (SSSR count). The summed E-state index contributed by atoms with van der Waals surface area (Å²) in [6, 6.07) is 9.29. The summed E-state index contributed by atoms with van der Waals surface area (Å²) in [7, 11) is 2.06. The minimum atomic E-state index is -0.402. The van der Waals surface area contributed by atoms with E-state index in [1.54, 1.807) is 28.9 Å². The second kappa shape index (κ2) is 8.79. The number of anilines is 1. The summed E-state index contributed by atoms with van der Waals surface area (Å²) in [5.74, 6) is -0.437. The molecule has 4 heterocycles. The summed E-state index contributed by atoms with van der Waals surface area (Å²) in [5.41, 5.74) is 2.77. The third-order valence-corrected chi connectivity index (χ3v) is 7.61. The number of aryl methyl sites for hydroxylation is 1. The van der Waals surface area contributed by atoms with Gasteiger partial charge in [0.25, 0.3) is 0 Å². The van der Waals surface area contributed by atoms with Gasteiger partial charge in [-0.25, -0.2) is 13.3 Å². The van der Waals surface area contributed by atoms with E-state index in [1.807, 2.05) is 21.8 Å². The summed E-state index contributed by atoms with van der Waals surface area (Å²) in [6.45, 7) is 5.78. The molecule has 5 aromatic rings. The van der Waals surface area contributed by atoms with Crippen LogP contribution in [-0.4, -0.2) is 57.3 Å². The molecule has 36 heavy (non-hydrogen) atoms. The Balaban J connectivity index is 1.46. The molecule has 0 atom stereocenters. The Hall–Kier alpha value is -3.63. The average Bonchev–Trinajstić information content (AvgIpc) is 3.47. The van der Waals surface area contributed by atoms with E-state index in [-0.39, 0.29) is 17.1 Å². The van der Waals surface area contributed by atoms with E-state index in [0.717, 1.165) is 37.4 Å². The third kappa shape index (κ3) is 3.77. The van der Waals surface area contributed by atoms with Gasteiger partial charge in [0.15, 0.2) is 5.82 Å². The highest BCUT2D eigenvalue weighted by Crippen LogP contribution is 2.29. The normalized spacial score (nSPS) is 14.8. The third-order valence-electron chi connectivity index (χ3n) is 6.80. The number of hydrogen-bond donors (Lipinski definition) is 0. The van der Waals surface area contributed by atoms with Crippen molar-refractivity contribution in [2.45, 2.75) is 13.5 Å². The van der Waals surface area contributed by atoms with Crippen molar-refractivity contribution in [3.63, 3.8) is 0 Å². The Kier molecular flexibility index (Phi) is 5.57. The zero-order valence-corrected chi connectivity index (χ0v) is 20.7. The smallest absolute Gasteiger partial charge is 0.213 e. The van der Waals surface area contributed by atoms with E-state index in [2.05, 4.69) is 22.0 Å². The molecule has 0 bridgehead atoms. The fourth-order valence-corrected chi connectivity index (χ4v) is 5.56. The molecule has 0 spiro atoms. The van der Waals surface area contributed by atoms with Crippen LogP contribution in [0, 0.1) is 11.6 Å². The van der Waals surface area contributed by atoms with Crippen LogP contribution in [0.4, 0.5) is 14.5 Å². The minimum Gasteiger partial charge on any atom is -0.367 e. The van der Waals surface area contributed by atoms with Gasteiger partial charge in [0.05, 0.1) is 22.5 Å². The highest BCUT2D eigenvalue weighted by Gasteiger charge is 2.22. The van der Waals surface area contributed by atoms with Crippen LogP contribution in [0.25, 0.3) is 38.5 Å². The number of hydrogen-bond acceptors (Lipinski definition) is 6. The standard InChI is InChI=1S/C26H24F2N6OS/c1-3-32-14-19(25-29-26-34(30-25)23(15-36-26)16-4-6-17(27)7-5-16)24(35)18-12-20(28)22(13-21(18)32)33-10-8-31(2)9-11-33/h4-7,12-15H,3,8-11H2,1-2H3. The van der Waals surface area contributed by atoms with Crippen molar-refractivity contribution in [1.29, 1.82) is 0 Å². The van der Waals surface area contributed by atoms with Gasteiger partial charge in [-0.1, -0.05) is 0 Å². The molecule has 1 fully saturated rings. The number of thiazole rings is 1. The number of halogens is 2. The first-order valence-corrected chi connectivity index (χ1v) is 12.7. The molecule has 1 saturated heterocycles. The van der Waals surface area contributed by atoms with Crippen LogP contribution in [0.2, 0.25) is 0 Å². The molecule has 0 aliphatic carbocycles. The van der Waals surface area contributed by atoms with Crippen molar-refractivity contribution >= 4 is 32.9 Å². The van der Waals surface area contributed by atoms with Gasteiger partial charge in [-0.05, 0) is 50.4 Å². The number of benzene rings is 2. The molecule has 3 aromatic heterocycles. The predicted octanol–water partition coefficient (Wildman–Crippen LogP) is 4.49. The van der Waals surface area contributed by atoms with Crippen molar-refractivity contribution in [3.05, 3.63) is 69.8 Å². The summed E-state index contributed by atoms with van der Waals surface area (Å²) in [6.07, 6.45) is 1.76. The molecule has 0 saturated carbocycles. The van der Waals surface area contributed by atoms with Crippen LogP contribution < -0.4 is 10.3 Å². The van der Waals surface area contributed by atoms with Crippen molar-refractivity contribution < 1.29 is 8.78 Å². The maximum atomic E-state index is 15.3. The van der Waals surface area contributed by atoms with Crippen LogP contribution in [0.5, 0.6) is 0 Å². The first kappa shape index (κ1) is 22.8. The summed E-state index contributed by atoms with van der Waals surface area (Å²) in [4.78, 5) is 23.0. The molecule has 10 heteroatoms. The number of piperazine rings is 1. The average molecular weight is 507 g/mol. The topological polar surface area (TPSA) is 58.7 Å². The Morgan fingerprint density at radius 2 is 1.81 bits per heavy atom. The molecule has 184 valence electrons. The number of nitrogens with zero attached hydrogens (tertiary/aromatic N) is 6. The lowest BCUT2D eigenvalue weighted by Crippen LogP contribution is -2.44. The second-order valence-electron chi connectivity index (χ2n) is 9.03. The first-order valence-electron chi connectivity index (χ1n) is 11.8. The second-order valence-corrected chi connectivity index (χ2v) is 9.86. The maximum absolute atomic E-state index is 15.3. The van der Waals surface area contributed by atoms with E-state index in [4.69, 9.17) is 0 Å². The van der Waals surface area contributed by atoms with Gasteiger partial charge in [0.2, 0.25) is 10.4 Å². The van der Waals surface area contributed by atoms with Gasteiger partial charge >= 0.3 is 0 Å². The van der Waals surface area contributed by atoms with Crippen LogP contribution >= 0.6 is 11.3 Å². The van der Waals surface area contributed by atoms with Crippen molar-refractivity contribution in [2.75, 3.05) is 38.1 Å². The number of rotatable bonds is 4. The van der Waals surface area contributed by atoms with Gasteiger partial charge in [-0.15, -0.1) is 16.4 Å². The lowest BCUT2D eigenvalue weighted by molar-refractivity contribution is 0.312. The molecule has 0 radical (unpaired) electrons. The van der Waals surface area contributed by atoms with Crippen LogP contribution in [-0.2, 0) is 6.54 Å². The Morgan fingerprint density at radius 1 is 1.06 bits per heavy atom. The summed E-state index contributed by atoms with van der Waals surface area (Å²) < 4.78 is 32.3. The minimum absolute atomic E-state index is 0.280. The van der Waals surface area contributed by atoms with E-state index < -0.39 is 5.82 Å². The highest BCUT2D eigenvalue weighted by atomic mass is 32.1.